The van der Waals surface area contributed by atoms with Crippen molar-refractivity contribution in [3.05, 3.63) is 29.3 Å². The summed E-state index contributed by atoms with van der Waals surface area (Å²) in [6.07, 6.45) is 11.8. The van der Waals surface area contributed by atoms with Crippen LogP contribution in [0.1, 0.15) is 68.5 Å². The molecule has 1 heterocycles. The lowest BCUT2D eigenvalue weighted by Gasteiger charge is -2.22. The van der Waals surface area contributed by atoms with E-state index in [1.54, 1.807) is 0 Å². The fraction of sp³-hybridized carbons (Fsp3) is 0.667. The van der Waals surface area contributed by atoms with Crippen LogP contribution in [0.15, 0.2) is 18.2 Å². The zero-order valence-corrected chi connectivity index (χ0v) is 12.4. The number of hydrogen-bond acceptors (Lipinski definition) is 2. The first kappa shape index (κ1) is 13.9. The fourth-order valence-corrected chi connectivity index (χ4v) is 3.71. The Bertz CT molecular complexity index is 435. The third-order valence-electron chi connectivity index (χ3n) is 4.92. The first-order valence-electron chi connectivity index (χ1n) is 8.34. The van der Waals surface area contributed by atoms with Crippen molar-refractivity contribution >= 4 is 0 Å². The molecule has 1 aliphatic carbocycles. The standard InChI is InChI=1S/C18H27NO/c19-17(12-14-6-3-1-2-4-7-14)15-9-10-18-16(13-15)8-5-11-20-18/h9-10,13-14,17H,1-8,11-12,19H2. The number of rotatable bonds is 3. The predicted octanol–water partition coefficient (Wildman–Crippen LogP) is 4.37. The van der Waals surface area contributed by atoms with Gasteiger partial charge in [-0.1, -0.05) is 50.7 Å². The maximum atomic E-state index is 6.47. The van der Waals surface area contributed by atoms with Crippen molar-refractivity contribution in [3.8, 4) is 5.75 Å². The minimum Gasteiger partial charge on any atom is -0.493 e. The molecule has 1 atom stereocenters. The Labute approximate surface area is 122 Å². The molecule has 1 aromatic rings. The molecule has 2 N–H and O–H groups in total. The van der Waals surface area contributed by atoms with Gasteiger partial charge in [-0.2, -0.15) is 0 Å². The van der Waals surface area contributed by atoms with E-state index in [1.165, 1.54) is 49.7 Å². The van der Waals surface area contributed by atoms with E-state index in [0.717, 1.165) is 37.5 Å². The lowest BCUT2D eigenvalue weighted by atomic mass is 9.89. The Morgan fingerprint density at radius 1 is 1.10 bits per heavy atom. The maximum Gasteiger partial charge on any atom is 0.122 e. The average molecular weight is 273 g/mol. The van der Waals surface area contributed by atoms with Crippen molar-refractivity contribution in [1.29, 1.82) is 0 Å². The van der Waals surface area contributed by atoms with E-state index in [-0.39, 0.29) is 6.04 Å². The van der Waals surface area contributed by atoms with Crippen molar-refractivity contribution in [2.75, 3.05) is 6.61 Å². The monoisotopic (exact) mass is 273 g/mol. The molecule has 1 unspecified atom stereocenters. The largest absolute Gasteiger partial charge is 0.493 e. The number of fused-ring (bicyclic) bond motifs is 1. The van der Waals surface area contributed by atoms with Crippen LogP contribution in [-0.4, -0.2) is 6.61 Å². The Kier molecular flexibility index (Phi) is 4.62. The van der Waals surface area contributed by atoms with Gasteiger partial charge in [0.25, 0.3) is 0 Å². The summed E-state index contributed by atoms with van der Waals surface area (Å²) in [7, 11) is 0. The Balaban J connectivity index is 1.65. The van der Waals surface area contributed by atoms with Crippen molar-refractivity contribution in [2.24, 2.45) is 11.7 Å². The van der Waals surface area contributed by atoms with Crippen LogP contribution in [0.2, 0.25) is 0 Å². The zero-order valence-electron chi connectivity index (χ0n) is 12.4. The molecule has 1 saturated carbocycles. The SMILES string of the molecule is NC(CC1CCCCCC1)c1ccc2c(c1)CCCO2. The van der Waals surface area contributed by atoms with Gasteiger partial charge >= 0.3 is 0 Å². The molecular formula is C18H27NO. The van der Waals surface area contributed by atoms with Gasteiger partial charge in [0.05, 0.1) is 6.61 Å². The molecule has 0 aromatic heterocycles. The minimum absolute atomic E-state index is 0.199. The molecule has 20 heavy (non-hydrogen) atoms. The summed E-state index contributed by atoms with van der Waals surface area (Å²) in [5, 5.41) is 0. The highest BCUT2D eigenvalue weighted by atomic mass is 16.5. The van der Waals surface area contributed by atoms with Gasteiger partial charge in [-0.05, 0) is 42.4 Å². The Hall–Kier alpha value is -1.02. The Morgan fingerprint density at radius 3 is 2.70 bits per heavy atom. The van der Waals surface area contributed by atoms with Crippen LogP contribution in [-0.2, 0) is 6.42 Å². The molecule has 1 aromatic carbocycles. The van der Waals surface area contributed by atoms with Crippen molar-refractivity contribution in [3.63, 3.8) is 0 Å². The second-order valence-corrected chi connectivity index (χ2v) is 6.52. The molecule has 0 spiro atoms. The second kappa shape index (κ2) is 6.62. The van der Waals surface area contributed by atoms with Gasteiger partial charge in [0, 0.05) is 6.04 Å². The highest BCUT2D eigenvalue weighted by Gasteiger charge is 2.18. The maximum absolute atomic E-state index is 6.47. The van der Waals surface area contributed by atoms with Gasteiger partial charge in [-0.3, -0.25) is 0 Å². The zero-order chi connectivity index (χ0) is 13.8. The third-order valence-corrected chi connectivity index (χ3v) is 4.92. The molecule has 2 nitrogen and oxygen atoms in total. The number of benzene rings is 1. The summed E-state index contributed by atoms with van der Waals surface area (Å²) >= 11 is 0. The predicted molar refractivity (Wildman–Crippen MR) is 83.0 cm³/mol. The molecule has 2 heteroatoms. The molecule has 0 radical (unpaired) electrons. The molecule has 0 bridgehead atoms. The smallest absolute Gasteiger partial charge is 0.122 e. The fourth-order valence-electron chi connectivity index (χ4n) is 3.71. The van der Waals surface area contributed by atoms with Crippen molar-refractivity contribution in [2.45, 2.75) is 63.8 Å². The van der Waals surface area contributed by atoms with Crippen LogP contribution in [0.5, 0.6) is 5.75 Å². The average Bonchev–Trinajstić information content (AvgIpc) is 2.75. The lowest BCUT2D eigenvalue weighted by molar-refractivity contribution is 0.288. The summed E-state index contributed by atoms with van der Waals surface area (Å²) in [6, 6.07) is 6.78. The van der Waals surface area contributed by atoms with E-state index in [0.29, 0.717) is 0 Å². The van der Waals surface area contributed by atoms with Crippen LogP contribution in [0.4, 0.5) is 0 Å². The first-order chi connectivity index (χ1) is 9.83. The molecule has 110 valence electrons. The first-order valence-corrected chi connectivity index (χ1v) is 8.34. The Morgan fingerprint density at radius 2 is 1.90 bits per heavy atom. The molecular weight excluding hydrogens is 246 g/mol. The van der Waals surface area contributed by atoms with Crippen LogP contribution >= 0.6 is 0 Å². The number of ether oxygens (including phenoxy) is 1. The van der Waals surface area contributed by atoms with Crippen LogP contribution in [0.25, 0.3) is 0 Å². The van der Waals surface area contributed by atoms with Gasteiger partial charge in [0.1, 0.15) is 5.75 Å². The molecule has 1 fully saturated rings. The van der Waals surface area contributed by atoms with Gasteiger partial charge in [0.2, 0.25) is 0 Å². The highest BCUT2D eigenvalue weighted by molar-refractivity contribution is 5.39. The number of hydrogen-bond donors (Lipinski definition) is 1. The summed E-state index contributed by atoms with van der Waals surface area (Å²) in [6.45, 7) is 0.862. The van der Waals surface area contributed by atoms with E-state index in [9.17, 15) is 0 Å². The third kappa shape index (κ3) is 3.35. The van der Waals surface area contributed by atoms with Gasteiger partial charge < -0.3 is 10.5 Å². The van der Waals surface area contributed by atoms with Crippen LogP contribution < -0.4 is 10.5 Å². The summed E-state index contributed by atoms with van der Waals surface area (Å²) in [5.41, 5.74) is 9.13. The van der Waals surface area contributed by atoms with E-state index >= 15 is 0 Å². The summed E-state index contributed by atoms with van der Waals surface area (Å²) in [4.78, 5) is 0. The normalized spacial score (nSPS) is 21.6. The molecule has 2 aliphatic rings. The van der Waals surface area contributed by atoms with E-state index in [4.69, 9.17) is 10.5 Å². The van der Waals surface area contributed by atoms with Crippen molar-refractivity contribution < 1.29 is 4.74 Å². The molecule has 3 rings (SSSR count). The van der Waals surface area contributed by atoms with Crippen LogP contribution in [0, 0.1) is 5.92 Å². The number of aryl methyl sites for hydroxylation is 1. The number of nitrogens with two attached hydrogens (primary N) is 1. The highest BCUT2D eigenvalue weighted by Crippen LogP contribution is 2.32. The van der Waals surface area contributed by atoms with Crippen LogP contribution in [0.3, 0.4) is 0 Å². The quantitative estimate of drug-likeness (QED) is 0.830. The second-order valence-electron chi connectivity index (χ2n) is 6.52. The van der Waals surface area contributed by atoms with E-state index in [1.807, 2.05) is 0 Å². The topological polar surface area (TPSA) is 35.2 Å². The van der Waals surface area contributed by atoms with Gasteiger partial charge in [-0.25, -0.2) is 0 Å². The van der Waals surface area contributed by atoms with E-state index < -0.39 is 0 Å². The summed E-state index contributed by atoms with van der Waals surface area (Å²) < 4.78 is 5.68. The lowest BCUT2D eigenvalue weighted by Crippen LogP contribution is -2.16. The van der Waals surface area contributed by atoms with Crippen molar-refractivity contribution in [1.82, 2.24) is 0 Å². The molecule has 0 saturated heterocycles. The molecule has 1 aliphatic heterocycles. The van der Waals surface area contributed by atoms with Gasteiger partial charge in [-0.15, -0.1) is 0 Å². The van der Waals surface area contributed by atoms with E-state index in [2.05, 4.69) is 18.2 Å². The minimum atomic E-state index is 0.199. The van der Waals surface area contributed by atoms with Gasteiger partial charge in [0.15, 0.2) is 0 Å². The molecule has 0 amide bonds. The summed E-state index contributed by atoms with van der Waals surface area (Å²) in [5.74, 6) is 1.90.